The largest absolute Gasteiger partial charge is 0.444 e. The molecular weight excluding hydrogens is 428 g/mol. The third kappa shape index (κ3) is 6.41. The van der Waals surface area contributed by atoms with Gasteiger partial charge in [0.2, 0.25) is 0 Å². The number of ether oxygens (including phenoxy) is 1. The SMILES string of the molecule is C[C@H]1CN(c2ccncc2[N+](=O)[O-])CC(NC(=O)OC(C)(C)C)[C@@H]1O[Si](C)(C)C(C)(C)C. The van der Waals surface area contributed by atoms with Gasteiger partial charge in [-0.2, -0.15) is 0 Å². The highest BCUT2D eigenvalue weighted by molar-refractivity contribution is 6.74. The average Bonchev–Trinajstić information content (AvgIpc) is 2.61. The highest BCUT2D eigenvalue weighted by atomic mass is 28.4. The van der Waals surface area contributed by atoms with Crippen molar-refractivity contribution in [2.24, 2.45) is 5.92 Å². The van der Waals surface area contributed by atoms with E-state index in [9.17, 15) is 14.9 Å². The van der Waals surface area contributed by atoms with E-state index in [1.54, 1.807) is 12.3 Å². The molecule has 32 heavy (non-hydrogen) atoms. The number of carbonyl (C=O) groups excluding carboxylic acids is 1. The van der Waals surface area contributed by atoms with Crippen molar-refractivity contribution in [1.82, 2.24) is 10.3 Å². The number of piperidine rings is 1. The fraction of sp³-hybridized carbons (Fsp3) is 0.727. The van der Waals surface area contributed by atoms with Gasteiger partial charge in [-0.1, -0.05) is 27.7 Å². The summed E-state index contributed by atoms with van der Waals surface area (Å²) in [6.07, 6.45) is 2.04. The molecule has 1 aromatic rings. The van der Waals surface area contributed by atoms with Crippen LogP contribution in [0.3, 0.4) is 0 Å². The van der Waals surface area contributed by atoms with Gasteiger partial charge in [-0.3, -0.25) is 15.1 Å². The Morgan fingerprint density at radius 1 is 1.25 bits per heavy atom. The van der Waals surface area contributed by atoms with Crippen LogP contribution in [-0.2, 0) is 9.16 Å². The maximum absolute atomic E-state index is 12.6. The van der Waals surface area contributed by atoms with E-state index in [1.165, 1.54) is 6.20 Å². The topological polar surface area (TPSA) is 107 Å². The molecule has 3 atom stereocenters. The van der Waals surface area contributed by atoms with Crippen LogP contribution in [0.2, 0.25) is 18.1 Å². The fourth-order valence-corrected chi connectivity index (χ4v) is 4.98. The first-order chi connectivity index (χ1) is 14.5. The van der Waals surface area contributed by atoms with Crippen molar-refractivity contribution in [1.29, 1.82) is 0 Å². The molecule has 1 N–H and O–H groups in total. The molecule has 0 spiro atoms. The molecule has 0 aromatic carbocycles. The van der Waals surface area contributed by atoms with Gasteiger partial charge < -0.3 is 19.4 Å². The Morgan fingerprint density at radius 2 is 1.88 bits per heavy atom. The number of aromatic nitrogens is 1. The lowest BCUT2D eigenvalue weighted by atomic mass is 9.92. The third-order valence-corrected chi connectivity index (χ3v) is 10.6. The number of pyridine rings is 1. The number of nitrogens with zero attached hydrogens (tertiary/aromatic N) is 3. The molecule has 0 aliphatic carbocycles. The summed E-state index contributed by atoms with van der Waals surface area (Å²) in [5.41, 5.74) is -0.206. The highest BCUT2D eigenvalue weighted by Crippen LogP contribution is 2.40. The van der Waals surface area contributed by atoms with Crippen molar-refractivity contribution in [3.8, 4) is 0 Å². The molecule has 1 amide bonds. The number of alkyl carbamates (subject to hydrolysis) is 1. The number of anilines is 1. The predicted octanol–water partition coefficient (Wildman–Crippen LogP) is 4.73. The molecule has 2 heterocycles. The Balaban J connectivity index is 2.37. The second kappa shape index (κ2) is 9.34. The quantitative estimate of drug-likeness (QED) is 0.380. The summed E-state index contributed by atoms with van der Waals surface area (Å²) in [4.78, 5) is 29.6. The summed E-state index contributed by atoms with van der Waals surface area (Å²) < 4.78 is 12.3. The summed E-state index contributed by atoms with van der Waals surface area (Å²) in [5.74, 6) is 0.0191. The molecule has 1 saturated heterocycles. The summed E-state index contributed by atoms with van der Waals surface area (Å²) in [6.45, 7) is 19.3. The highest BCUT2D eigenvalue weighted by Gasteiger charge is 2.45. The maximum atomic E-state index is 12.6. The minimum atomic E-state index is -2.13. The van der Waals surface area contributed by atoms with Gasteiger partial charge in [0.25, 0.3) is 0 Å². The van der Waals surface area contributed by atoms with Gasteiger partial charge in [-0.15, -0.1) is 0 Å². The molecule has 9 nitrogen and oxygen atoms in total. The number of nitrogens with one attached hydrogen (secondary N) is 1. The molecule has 1 aromatic heterocycles. The zero-order chi connectivity index (χ0) is 24.5. The standard InChI is InChI=1S/C22H38N4O5Si/c1-15-13-25(17-10-11-23-12-18(17)26(28)29)14-16(24-20(27)30-21(2,3)4)19(15)31-32(8,9)22(5,6)7/h10-12,15-16,19H,13-14H2,1-9H3,(H,24,27)/t15-,16?,19+/m0/s1. The minimum absolute atomic E-state index is 0.00418. The predicted molar refractivity (Wildman–Crippen MR) is 127 cm³/mol. The summed E-state index contributed by atoms with van der Waals surface area (Å²) in [6, 6.07) is 1.25. The van der Waals surface area contributed by atoms with Gasteiger partial charge in [-0.05, 0) is 45.0 Å². The van der Waals surface area contributed by atoms with Gasteiger partial charge in [0, 0.05) is 25.2 Å². The molecule has 0 radical (unpaired) electrons. The van der Waals surface area contributed by atoms with Crippen molar-refractivity contribution >= 4 is 25.8 Å². The van der Waals surface area contributed by atoms with E-state index in [-0.39, 0.29) is 22.7 Å². The van der Waals surface area contributed by atoms with E-state index in [2.05, 4.69) is 51.1 Å². The first kappa shape index (κ1) is 26.1. The van der Waals surface area contributed by atoms with Crippen LogP contribution >= 0.6 is 0 Å². The van der Waals surface area contributed by atoms with E-state index < -0.39 is 31.0 Å². The molecule has 0 bridgehead atoms. The smallest absolute Gasteiger partial charge is 0.408 e. The molecule has 1 unspecified atom stereocenters. The number of rotatable bonds is 5. The van der Waals surface area contributed by atoms with Crippen molar-refractivity contribution < 1.29 is 18.9 Å². The molecule has 10 heteroatoms. The Morgan fingerprint density at radius 3 is 2.41 bits per heavy atom. The molecule has 2 rings (SSSR count). The normalized spacial score (nSPS) is 22.4. The van der Waals surface area contributed by atoms with Crippen LogP contribution < -0.4 is 10.2 Å². The molecular formula is C22H38N4O5Si. The first-order valence-corrected chi connectivity index (χ1v) is 13.9. The van der Waals surface area contributed by atoms with E-state index in [0.717, 1.165) is 0 Å². The van der Waals surface area contributed by atoms with Crippen molar-refractivity contribution in [3.05, 3.63) is 28.6 Å². The minimum Gasteiger partial charge on any atom is -0.444 e. The third-order valence-electron chi connectivity index (χ3n) is 6.14. The first-order valence-electron chi connectivity index (χ1n) is 11.0. The zero-order valence-corrected chi connectivity index (χ0v) is 21.8. The van der Waals surface area contributed by atoms with E-state index in [0.29, 0.717) is 18.8 Å². The van der Waals surface area contributed by atoms with Gasteiger partial charge in [0.1, 0.15) is 17.5 Å². The van der Waals surface area contributed by atoms with Crippen LogP contribution in [0.5, 0.6) is 0 Å². The summed E-state index contributed by atoms with van der Waals surface area (Å²) in [7, 11) is -2.13. The Hall–Kier alpha value is -2.20. The lowest BCUT2D eigenvalue weighted by molar-refractivity contribution is -0.384. The van der Waals surface area contributed by atoms with Crippen LogP contribution in [0.15, 0.2) is 18.5 Å². The van der Waals surface area contributed by atoms with Crippen LogP contribution in [0.25, 0.3) is 0 Å². The zero-order valence-electron chi connectivity index (χ0n) is 20.8. The van der Waals surface area contributed by atoms with Crippen molar-refractivity contribution in [3.63, 3.8) is 0 Å². The van der Waals surface area contributed by atoms with Gasteiger partial charge >= 0.3 is 11.8 Å². The summed E-state index contributed by atoms with van der Waals surface area (Å²) in [5, 5.41) is 14.5. The number of nitro groups is 1. The second-order valence-corrected chi connectivity index (χ2v) is 15.9. The number of carbonyl (C=O) groups is 1. The van der Waals surface area contributed by atoms with Crippen LogP contribution in [-0.4, -0.2) is 55.2 Å². The van der Waals surface area contributed by atoms with E-state index >= 15 is 0 Å². The fourth-order valence-electron chi connectivity index (χ4n) is 3.55. The second-order valence-electron chi connectivity index (χ2n) is 11.1. The molecule has 1 aliphatic rings. The van der Waals surface area contributed by atoms with Crippen molar-refractivity contribution in [2.75, 3.05) is 18.0 Å². The molecule has 180 valence electrons. The molecule has 0 saturated carbocycles. The number of hydrogen-bond donors (Lipinski definition) is 1. The monoisotopic (exact) mass is 466 g/mol. The van der Waals surface area contributed by atoms with Crippen LogP contribution in [0.4, 0.5) is 16.2 Å². The molecule has 1 fully saturated rings. The lowest BCUT2D eigenvalue weighted by Gasteiger charge is -2.48. The maximum Gasteiger partial charge on any atom is 0.408 e. The van der Waals surface area contributed by atoms with Crippen LogP contribution in [0, 0.1) is 16.0 Å². The number of amides is 1. The summed E-state index contributed by atoms with van der Waals surface area (Å²) >= 11 is 0. The van der Waals surface area contributed by atoms with Gasteiger partial charge in [0.15, 0.2) is 8.32 Å². The number of hydrogen-bond acceptors (Lipinski definition) is 7. The van der Waals surface area contributed by atoms with Crippen LogP contribution in [0.1, 0.15) is 48.5 Å². The Kier molecular flexibility index (Phi) is 7.61. The van der Waals surface area contributed by atoms with Crippen molar-refractivity contribution in [2.45, 2.75) is 84.3 Å². The lowest BCUT2D eigenvalue weighted by Crippen LogP contribution is -2.62. The average molecular weight is 467 g/mol. The van der Waals surface area contributed by atoms with Gasteiger partial charge in [0.05, 0.1) is 17.1 Å². The Bertz CT molecular complexity index is 834. The Labute approximate surface area is 192 Å². The van der Waals surface area contributed by atoms with E-state index in [1.807, 2.05) is 25.7 Å². The van der Waals surface area contributed by atoms with Gasteiger partial charge in [-0.25, -0.2) is 4.79 Å². The molecule has 1 aliphatic heterocycles. The van der Waals surface area contributed by atoms with E-state index in [4.69, 9.17) is 9.16 Å².